The first-order chi connectivity index (χ1) is 5.75. The third kappa shape index (κ3) is 1.22. The summed E-state index contributed by atoms with van der Waals surface area (Å²) in [5.41, 5.74) is 1.02. The van der Waals surface area contributed by atoms with Crippen LogP contribution < -0.4 is 0 Å². The zero-order chi connectivity index (χ0) is 8.55. The number of rotatable bonds is 0. The van der Waals surface area contributed by atoms with E-state index < -0.39 is 0 Å². The van der Waals surface area contributed by atoms with Crippen LogP contribution in [0, 0.1) is 0 Å². The Morgan fingerprint density at radius 2 is 2.42 bits per heavy atom. The van der Waals surface area contributed by atoms with E-state index in [1.165, 1.54) is 0 Å². The maximum Gasteiger partial charge on any atom is 0.174 e. The van der Waals surface area contributed by atoms with Crippen LogP contribution in [0.15, 0.2) is 23.7 Å². The molecule has 0 spiro atoms. The van der Waals surface area contributed by atoms with Gasteiger partial charge in [0.1, 0.15) is 12.4 Å². The molecule has 0 amide bonds. The molecule has 2 heterocycles. The van der Waals surface area contributed by atoms with Crippen molar-refractivity contribution in [1.29, 1.82) is 0 Å². The second-order valence-electron chi connectivity index (χ2n) is 3.06. The molecule has 1 fully saturated rings. The fourth-order valence-corrected chi connectivity index (χ4v) is 1.32. The van der Waals surface area contributed by atoms with Crippen molar-refractivity contribution < 1.29 is 14.3 Å². The van der Waals surface area contributed by atoms with Gasteiger partial charge in [-0.3, -0.25) is 4.79 Å². The first-order valence-electron chi connectivity index (χ1n) is 3.94. The minimum atomic E-state index is -0.171. The standard InChI is InChI=1S/C9H10O3/c1-6-2-8-9(11-4-6)3-7(10)5-12-8/h2,4,9H,3,5H2,1H3. The van der Waals surface area contributed by atoms with Gasteiger partial charge in [0.2, 0.25) is 0 Å². The van der Waals surface area contributed by atoms with E-state index in [1.807, 2.05) is 13.0 Å². The lowest BCUT2D eigenvalue weighted by molar-refractivity contribution is -0.129. The van der Waals surface area contributed by atoms with Crippen LogP contribution in [0.3, 0.4) is 0 Å². The van der Waals surface area contributed by atoms with Gasteiger partial charge in [-0.25, -0.2) is 0 Å². The average molecular weight is 166 g/mol. The highest BCUT2D eigenvalue weighted by Gasteiger charge is 2.28. The number of hydrogen-bond acceptors (Lipinski definition) is 3. The van der Waals surface area contributed by atoms with Crippen molar-refractivity contribution in [2.24, 2.45) is 0 Å². The van der Waals surface area contributed by atoms with Gasteiger partial charge in [0.05, 0.1) is 12.7 Å². The van der Waals surface area contributed by atoms with Crippen molar-refractivity contribution in [3.05, 3.63) is 23.7 Å². The SMILES string of the molecule is CC1=COC2CC(=O)COC2=C1. The Labute approximate surface area is 70.7 Å². The molecule has 64 valence electrons. The molecule has 0 aliphatic carbocycles. The van der Waals surface area contributed by atoms with Crippen molar-refractivity contribution in [1.82, 2.24) is 0 Å². The molecule has 3 nitrogen and oxygen atoms in total. The monoisotopic (exact) mass is 166 g/mol. The average Bonchev–Trinajstić information content (AvgIpc) is 2.05. The zero-order valence-electron chi connectivity index (χ0n) is 6.87. The van der Waals surface area contributed by atoms with Crippen LogP contribution >= 0.6 is 0 Å². The molecule has 1 saturated heterocycles. The lowest BCUT2D eigenvalue weighted by Gasteiger charge is -2.27. The van der Waals surface area contributed by atoms with E-state index in [9.17, 15) is 4.79 Å². The molecule has 0 aromatic rings. The van der Waals surface area contributed by atoms with Crippen molar-refractivity contribution in [3.8, 4) is 0 Å². The fourth-order valence-electron chi connectivity index (χ4n) is 1.32. The van der Waals surface area contributed by atoms with E-state index in [-0.39, 0.29) is 18.5 Å². The van der Waals surface area contributed by atoms with Crippen LogP contribution in [-0.4, -0.2) is 18.5 Å². The van der Waals surface area contributed by atoms with E-state index >= 15 is 0 Å². The summed E-state index contributed by atoms with van der Waals surface area (Å²) in [5.74, 6) is 0.889. The number of ether oxygens (including phenoxy) is 2. The van der Waals surface area contributed by atoms with Gasteiger partial charge in [-0.05, 0) is 18.6 Å². The summed E-state index contributed by atoms with van der Waals surface area (Å²) in [7, 11) is 0. The normalized spacial score (nSPS) is 27.8. The van der Waals surface area contributed by atoms with Crippen molar-refractivity contribution >= 4 is 5.78 Å². The highest BCUT2D eigenvalue weighted by atomic mass is 16.5. The summed E-state index contributed by atoms with van der Waals surface area (Å²) in [5, 5.41) is 0. The van der Waals surface area contributed by atoms with E-state index in [4.69, 9.17) is 9.47 Å². The molecule has 2 aliphatic rings. The summed E-state index contributed by atoms with van der Waals surface area (Å²) < 4.78 is 10.5. The van der Waals surface area contributed by atoms with Crippen molar-refractivity contribution in [2.45, 2.75) is 19.4 Å². The predicted octanol–water partition coefficient (Wildman–Crippen LogP) is 1.16. The molecule has 0 N–H and O–H groups in total. The number of carbonyl (C=O) groups is 1. The van der Waals surface area contributed by atoms with Gasteiger partial charge >= 0.3 is 0 Å². The lowest BCUT2D eigenvalue weighted by Crippen LogP contribution is -2.30. The Bertz CT molecular complexity index is 275. The molecule has 1 atom stereocenters. The Morgan fingerprint density at radius 1 is 1.58 bits per heavy atom. The summed E-state index contributed by atoms with van der Waals surface area (Å²) in [6.07, 6.45) is 3.85. The van der Waals surface area contributed by atoms with Gasteiger partial charge in [0, 0.05) is 0 Å². The number of allylic oxidation sites excluding steroid dienone is 2. The molecule has 2 rings (SSSR count). The lowest BCUT2D eigenvalue weighted by atomic mass is 10.1. The molecule has 0 bridgehead atoms. The first kappa shape index (κ1) is 7.40. The largest absolute Gasteiger partial charge is 0.489 e. The second-order valence-corrected chi connectivity index (χ2v) is 3.06. The molecule has 1 unspecified atom stereocenters. The highest BCUT2D eigenvalue weighted by molar-refractivity contribution is 5.81. The quantitative estimate of drug-likeness (QED) is 0.541. The van der Waals surface area contributed by atoms with Gasteiger partial charge in [-0.1, -0.05) is 0 Å². The second kappa shape index (κ2) is 2.66. The van der Waals surface area contributed by atoms with E-state index in [0.29, 0.717) is 6.42 Å². The number of hydrogen-bond donors (Lipinski definition) is 0. The molecule has 0 saturated carbocycles. The highest BCUT2D eigenvalue weighted by Crippen LogP contribution is 2.24. The van der Waals surface area contributed by atoms with Gasteiger partial charge in [-0.15, -0.1) is 0 Å². The Balaban J connectivity index is 2.18. The minimum absolute atomic E-state index is 0.102. The molecule has 0 radical (unpaired) electrons. The van der Waals surface area contributed by atoms with Crippen LogP contribution in [0.1, 0.15) is 13.3 Å². The molecule has 3 heteroatoms. The van der Waals surface area contributed by atoms with Gasteiger partial charge < -0.3 is 9.47 Å². The summed E-state index contributed by atoms with van der Waals surface area (Å²) in [4.78, 5) is 10.9. The Kier molecular flexibility index (Phi) is 1.64. The van der Waals surface area contributed by atoms with Gasteiger partial charge in [-0.2, -0.15) is 0 Å². The molecule has 12 heavy (non-hydrogen) atoms. The third-order valence-electron chi connectivity index (χ3n) is 1.92. The number of carbonyl (C=O) groups excluding carboxylic acids is 1. The number of Topliss-reactive ketones (excluding diaryl/α,β-unsaturated/α-hetero) is 1. The first-order valence-corrected chi connectivity index (χ1v) is 3.94. The summed E-state index contributed by atoms with van der Waals surface area (Å²) >= 11 is 0. The summed E-state index contributed by atoms with van der Waals surface area (Å²) in [6, 6.07) is 0. The smallest absolute Gasteiger partial charge is 0.174 e. The fraction of sp³-hybridized carbons (Fsp3) is 0.444. The Hall–Kier alpha value is -1.25. The van der Waals surface area contributed by atoms with E-state index in [2.05, 4.69) is 0 Å². The maximum absolute atomic E-state index is 10.9. The molecule has 0 aromatic heterocycles. The number of fused-ring (bicyclic) bond motifs is 1. The van der Waals surface area contributed by atoms with Crippen LogP contribution in [0.25, 0.3) is 0 Å². The molecule has 2 aliphatic heterocycles. The zero-order valence-corrected chi connectivity index (χ0v) is 6.87. The van der Waals surface area contributed by atoms with E-state index in [1.54, 1.807) is 6.26 Å². The maximum atomic E-state index is 10.9. The van der Waals surface area contributed by atoms with Crippen LogP contribution in [-0.2, 0) is 14.3 Å². The Morgan fingerprint density at radius 3 is 3.25 bits per heavy atom. The van der Waals surface area contributed by atoms with Gasteiger partial charge in [0.15, 0.2) is 11.9 Å². The molecular formula is C9H10O3. The topological polar surface area (TPSA) is 35.5 Å². The van der Waals surface area contributed by atoms with Crippen LogP contribution in [0.4, 0.5) is 0 Å². The van der Waals surface area contributed by atoms with Crippen molar-refractivity contribution in [3.63, 3.8) is 0 Å². The van der Waals surface area contributed by atoms with E-state index in [0.717, 1.165) is 11.3 Å². The molecular weight excluding hydrogens is 156 g/mol. The predicted molar refractivity (Wildman–Crippen MR) is 42.3 cm³/mol. The third-order valence-corrected chi connectivity index (χ3v) is 1.92. The van der Waals surface area contributed by atoms with Gasteiger partial charge in [0.25, 0.3) is 0 Å². The molecule has 0 aromatic carbocycles. The number of ketones is 1. The minimum Gasteiger partial charge on any atom is -0.489 e. The van der Waals surface area contributed by atoms with Crippen molar-refractivity contribution in [2.75, 3.05) is 6.61 Å². The van der Waals surface area contributed by atoms with Crippen LogP contribution in [0.5, 0.6) is 0 Å². The summed E-state index contributed by atoms with van der Waals surface area (Å²) in [6.45, 7) is 2.13. The van der Waals surface area contributed by atoms with Crippen LogP contribution in [0.2, 0.25) is 0 Å².